The second-order valence-electron chi connectivity index (χ2n) is 3.30. The van der Waals surface area contributed by atoms with Crippen LogP contribution in [0.5, 0.6) is 0 Å². The Kier molecular flexibility index (Phi) is 5.61. The van der Waals surface area contributed by atoms with Gasteiger partial charge in [-0.2, -0.15) is 13.2 Å². The highest BCUT2D eigenvalue weighted by Crippen LogP contribution is 2.23. The summed E-state index contributed by atoms with van der Waals surface area (Å²) in [5, 5.41) is 0. The van der Waals surface area contributed by atoms with E-state index in [1.165, 1.54) is 11.3 Å². The molecule has 0 saturated carbocycles. The Labute approximate surface area is 109 Å². The lowest BCUT2D eigenvalue weighted by molar-refractivity contribution is -0.137. The molecule has 17 heavy (non-hydrogen) atoms. The van der Waals surface area contributed by atoms with Crippen molar-refractivity contribution >= 4 is 33.0 Å². The quantitative estimate of drug-likeness (QED) is 0.581. The lowest BCUT2D eigenvalue weighted by Crippen LogP contribution is -2.12. The van der Waals surface area contributed by atoms with E-state index in [0.29, 0.717) is 4.88 Å². The van der Waals surface area contributed by atoms with Crippen LogP contribution in [0.15, 0.2) is 15.9 Å². The molecule has 0 N–H and O–H groups in total. The number of Topliss-reactive ketones (excluding diaryl/α,β-unsaturated/α-hetero) is 1. The van der Waals surface area contributed by atoms with Crippen molar-refractivity contribution in [3.63, 3.8) is 0 Å². The molecule has 0 aliphatic carbocycles. The first kappa shape index (κ1) is 14.7. The average Bonchev–Trinajstić information content (AvgIpc) is 2.62. The molecule has 1 heterocycles. The molecule has 0 saturated heterocycles. The number of alkyl halides is 3. The summed E-state index contributed by atoms with van der Waals surface area (Å²) in [6.07, 6.45) is -5.16. The Hall–Kier alpha value is -0.400. The molecule has 0 aliphatic heterocycles. The third-order valence-corrected chi connectivity index (χ3v) is 3.49. The van der Waals surface area contributed by atoms with Crippen molar-refractivity contribution in [3.8, 4) is 0 Å². The lowest BCUT2D eigenvalue weighted by Gasteiger charge is -2.05. The maximum Gasteiger partial charge on any atom is 0.389 e. The van der Waals surface area contributed by atoms with Gasteiger partial charge in [0.2, 0.25) is 0 Å². The zero-order valence-electron chi connectivity index (χ0n) is 8.72. The summed E-state index contributed by atoms with van der Waals surface area (Å²) < 4.78 is 41.1. The molecule has 7 heteroatoms. The predicted molar refractivity (Wildman–Crippen MR) is 62.5 cm³/mol. The van der Waals surface area contributed by atoms with Crippen molar-refractivity contribution in [2.24, 2.45) is 0 Å². The molecule has 0 amide bonds. The van der Waals surface area contributed by atoms with Crippen LogP contribution >= 0.6 is 27.3 Å². The SMILES string of the molecule is O=C(COCCCC(F)(F)F)c1ccc(Br)s1. The molecule has 1 rings (SSSR count). The third-order valence-electron chi connectivity index (χ3n) is 1.83. The van der Waals surface area contributed by atoms with Gasteiger partial charge in [-0.15, -0.1) is 11.3 Å². The van der Waals surface area contributed by atoms with Crippen LogP contribution in [-0.2, 0) is 4.74 Å². The number of carbonyl (C=O) groups excluding carboxylic acids is 1. The fraction of sp³-hybridized carbons (Fsp3) is 0.500. The highest BCUT2D eigenvalue weighted by Gasteiger charge is 2.25. The van der Waals surface area contributed by atoms with Gasteiger partial charge in [0.25, 0.3) is 0 Å². The number of halogens is 4. The van der Waals surface area contributed by atoms with E-state index in [4.69, 9.17) is 4.74 Å². The maximum atomic E-state index is 11.8. The van der Waals surface area contributed by atoms with Crippen molar-refractivity contribution in [3.05, 3.63) is 20.8 Å². The highest BCUT2D eigenvalue weighted by atomic mass is 79.9. The minimum Gasteiger partial charge on any atom is -0.373 e. The van der Waals surface area contributed by atoms with Crippen molar-refractivity contribution < 1.29 is 22.7 Å². The maximum absolute atomic E-state index is 11.8. The molecule has 0 spiro atoms. The third kappa shape index (κ3) is 6.18. The van der Waals surface area contributed by atoms with Crippen LogP contribution in [0, 0.1) is 0 Å². The van der Waals surface area contributed by atoms with Gasteiger partial charge in [-0.05, 0) is 34.5 Å². The van der Waals surface area contributed by atoms with Gasteiger partial charge < -0.3 is 4.74 Å². The van der Waals surface area contributed by atoms with Gasteiger partial charge in [0.1, 0.15) is 6.61 Å². The summed E-state index contributed by atoms with van der Waals surface area (Å²) >= 11 is 4.49. The topological polar surface area (TPSA) is 26.3 Å². The van der Waals surface area contributed by atoms with Gasteiger partial charge in [-0.1, -0.05) is 0 Å². The van der Waals surface area contributed by atoms with Crippen LogP contribution in [0.25, 0.3) is 0 Å². The fourth-order valence-electron chi connectivity index (χ4n) is 1.07. The molecular formula is C10H10BrF3O2S. The van der Waals surface area contributed by atoms with Gasteiger partial charge >= 0.3 is 6.18 Å². The van der Waals surface area contributed by atoms with E-state index in [2.05, 4.69) is 15.9 Å². The Morgan fingerprint density at radius 3 is 2.65 bits per heavy atom. The van der Waals surface area contributed by atoms with Gasteiger partial charge in [0.15, 0.2) is 5.78 Å². The van der Waals surface area contributed by atoms with E-state index < -0.39 is 12.6 Å². The van der Waals surface area contributed by atoms with E-state index in [1.54, 1.807) is 12.1 Å². The summed E-state index contributed by atoms with van der Waals surface area (Å²) in [6, 6.07) is 3.39. The zero-order valence-corrected chi connectivity index (χ0v) is 11.1. The normalized spacial score (nSPS) is 11.8. The predicted octanol–water partition coefficient (Wildman–Crippen LogP) is 4.05. The van der Waals surface area contributed by atoms with Crippen molar-refractivity contribution in [2.45, 2.75) is 19.0 Å². The Morgan fingerprint density at radius 1 is 1.41 bits per heavy atom. The highest BCUT2D eigenvalue weighted by molar-refractivity contribution is 9.11. The van der Waals surface area contributed by atoms with Crippen LogP contribution in [0.4, 0.5) is 13.2 Å². The summed E-state index contributed by atoms with van der Waals surface area (Å²) in [7, 11) is 0. The first-order chi connectivity index (χ1) is 7.88. The van der Waals surface area contributed by atoms with E-state index >= 15 is 0 Å². The van der Waals surface area contributed by atoms with Gasteiger partial charge in [0.05, 0.1) is 8.66 Å². The van der Waals surface area contributed by atoms with Crippen molar-refractivity contribution in [1.29, 1.82) is 0 Å². The first-order valence-electron chi connectivity index (χ1n) is 4.81. The summed E-state index contributed by atoms with van der Waals surface area (Å²) in [5.74, 6) is -0.215. The number of rotatable bonds is 6. The number of thiophene rings is 1. The van der Waals surface area contributed by atoms with E-state index in [9.17, 15) is 18.0 Å². The molecule has 0 aromatic carbocycles. The smallest absolute Gasteiger partial charge is 0.373 e. The van der Waals surface area contributed by atoms with Crippen LogP contribution in [0.1, 0.15) is 22.5 Å². The molecule has 0 radical (unpaired) electrons. The lowest BCUT2D eigenvalue weighted by atomic mass is 10.3. The van der Waals surface area contributed by atoms with Gasteiger partial charge in [-0.25, -0.2) is 0 Å². The van der Waals surface area contributed by atoms with Gasteiger partial charge in [0, 0.05) is 13.0 Å². The largest absolute Gasteiger partial charge is 0.389 e. The minimum absolute atomic E-state index is 0.0577. The van der Waals surface area contributed by atoms with Crippen molar-refractivity contribution in [1.82, 2.24) is 0 Å². The Morgan fingerprint density at radius 2 is 2.12 bits per heavy atom. The monoisotopic (exact) mass is 330 g/mol. The number of carbonyl (C=O) groups is 1. The standard InChI is InChI=1S/C10H10BrF3O2S/c11-9-3-2-8(17-9)7(15)6-16-5-1-4-10(12,13)14/h2-3H,1,4-6H2. The average molecular weight is 331 g/mol. The molecule has 0 atom stereocenters. The van der Waals surface area contributed by atoms with E-state index in [1.807, 2.05) is 0 Å². The second-order valence-corrected chi connectivity index (χ2v) is 5.76. The second kappa shape index (κ2) is 6.51. The summed E-state index contributed by atoms with van der Waals surface area (Å²) in [6.45, 7) is -0.234. The number of hydrogen-bond acceptors (Lipinski definition) is 3. The molecule has 0 aliphatic rings. The van der Waals surface area contributed by atoms with Crippen LogP contribution in [0.3, 0.4) is 0 Å². The van der Waals surface area contributed by atoms with Crippen LogP contribution in [0.2, 0.25) is 0 Å². The molecular weight excluding hydrogens is 321 g/mol. The summed E-state index contributed by atoms with van der Waals surface area (Å²) in [5.41, 5.74) is 0. The fourth-order valence-corrected chi connectivity index (χ4v) is 2.39. The molecule has 0 unspecified atom stereocenters. The van der Waals surface area contributed by atoms with Crippen LogP contribution in [-0.4, -0.2) is 25.2 Å². The van der Waals surface area contributed by atoms with E-state index in [-0.39, 0.29) is 25.4 Å². The Bertz CT molecular complexity index is 376. The molecule has 2 nitrogen and oxygen atoms in total. The number of ketones is 1. The Balaban J connectivity index is 2.17. The minimum atomic E-state index is -4.16. The van der Waals surface area contributed by atoms with Crippen molar-refractivity contribution in [2.75, 3.05) is 13.2 Å². The zero-order chi connectivity index (χ0) is 12.9. The molecule has 1 aromatic heterocycles. The molecule has 96 valence electrons. The molecule has 0 fully saturated rings. The first-order valence-corrected chi connectivity index (χ1v) is 6.42. The number of hydrogen-bond donors (Lipinski definition) is 0. The van der Waals surface area contributed by atoms with Crippen LogP contribution < -0.4 is 0 Å². The summed E-state index contributed by atoms with van der Waals surface area (Å²) in [4.78, 5) is 12.0. The van der Waals surface area contributed by atoms with Gasteiger partial charge in [-0.3, -0.25) is 4.79 Å². The van der Waals surface area contributed by atoms with E-state index in [0.717, 1.165) is 3.79 Å². The molecule has 0 bridgehead atoms. The number of ether oxygens (including phenoxy) is 1. The molecule has 1 aromatic rings.